The third kappa shape index (κ3) is 0.226. The molecule has 0 saturated carbocycles. The fraction of sp³-hybridized carbons (Fsp3) is 0.462. The van der Waals surface area contributed by atoms with Crippen LogP contribution in [0.2, 0.25) is 42.3 Å². The normalized spacial score (nSPS) is 77.4. The predicted molar refractivity (Wildman–Crippen MR) is 115 cm³/mol. The van der Waals surface area contributed by atoms with E-state index in [1.807, 2.05) is 13.8 Å². The summed E-state index contributed by atoms with van der Waals surface area (Å²) in [6, 6.07) is 22.6. The summed E-state index contributed by atoms with van der Waals surface area (Å²) in [7, 11) is -0.486. The molecule has 9 atom stereocenters. The van der Waals surface area contributed by atoms with Crippen molar-refractivity contribution in [1.82, 2.24) is 0 Å². The van der Waals surface area contributed by atoms with Crippen LogP contribution in [0.4, 0.5) is 0 Å². The van der Waals surface area contributed by atoms with E-state index in [-0.39, 0.29) is 8.63 Å². The van der Waals surface area contributed by atoms with Gasteiger partial charge in [-0.3, -0.25) is 0 Å². The molecule has 10 aliphatic rings. The van der Waals surface area contributed by atoms with Crippen molar-refractivity contribution in [3.05, 3.63) is 60.7 Å². The summed E-state index contributed by atoms with van der Waals surface area (Å²) in [6.07, 6.45) is 0. The summed E-state index contributed by atoms with van der Waals surface area (Å²) in [5.74, 6) is 1.09. The van der Waals surface area contributed by atoms with E-state index in [1.54, 1.807) is 0 Å². The molecule has 4 heteroatoms. The molecule has 0 amide bonds. The van der Waals surface area contributed by atoms with E-state index in [2.05, 4.69) is 60.7 Å². The zero-order valence-corrected chi connectivity index (χ0v) is 18.9. The van der Waals surface area contributed by atoms with Gasteiger partial charge in [-0.2, -0.15) is 0 Å². The molecule has 10 heterocycles. The average molecular weight is 454 g/mol. The third-order valence-corrected chi connectivity index (χ3v) is 68.5. The Hall–Kier alpha value is -1.27. The van der Waals surface area contributed by atoms with E-state index in [0.717, 1.165) is 28.9 Å². The van der Waals surface area contributed by atoms with Crippen LogP contribution >= 0.6 is 7.92 Å². The summed E-state index contributed by atoms with van der Waals surface area (Å²) in [5.41, 5.74) is 0. The number of Topliss-reactive ketones (excluding diaryl/α,β-unsaturated/α-hetero) is 2. The van der Waals surface area contributed by atoms with E-state index in [9.17, 15) is 9.59 Å². The zero-order chi connectivity index (χ0) is 19.8. The molecule has 30 heavy (non-hydrogen) atoms. The molecule has 0 bridgehead atoms. The van der Waals surface area contributed by atoms with Crippen LogP contribution in [-0.2, 0) is 16.1 Å². The van der Waals surface area contributed by atoms with Gasteiger partial charge in [0.15, 0.2) is 0 Å². The minimum atomic E-state index is -4.36. The number of rotatable bonds is 5. The minimum absolute atomic E-state index is 0.0968. The number of hydrogen-bond acceptors (Lipinski definition) is 2. The maximum absolute atomic E-state index is 13.5. The number of ketones is 2. The maximum atomic E-state index is 13.5. The molecular weight excluding hydrogens is 431 g/mol. The monoisotopic (exact) mass is 454 g/mol. The van der Waals surface area contributed by atoms with Crippen LogP contribution in [0, 0.1) is 0 Å². The first kappa shape index (κ1) is 14.0. The second-order valence-electron chi connectivity index (χ2n) is 14.0. The molecule has 0 radical (unpaired) electrons. The Kier molecular flexibility index (Phi) is 0.796. The number of hydrogen-bond donors (Lipinski definition) is 0. The van der Waals surface area contributed by atoms with Crippen molar-refractivity contribution in [2.24, 2.45) is 0 Å². The first-order valence-electron chi connectivity index (χ1n) is 11.4. The summed E-state index contributed by atoms with van der Waals surface area (Å²) in [6.45, 7) is -0.481. The second kappa shape index (κ2) is 1.71. The van der Waals surface area contributed by atoms with Crippen LogP contribution in [0.25, 0.3) is 0 Å². The fourth-order valence-corrected chi connectivity index (χ4v) is 114. The Bertz CT molecular complexity index is 1750. The third-order valence-electron chi connectivity index (χ3n) is 18.3. The van der Waals surface area contributed by atoms with E-state index in [1.165, 1.54) is 10.6 Å². The van der Waals surface area contributed by atoms with Crippen molar-refractivity contribution >= 4 is 30.1 Å². The molecule has 10 saturated heterocycles. The number of carbonyl (C=O) groups is 2. The van der Waals surface area contributed by atoms with Crippen molar-refractivity contribution in [2.75, 3.05) is 0 Å². The van der Waals surface area contributed by atoms with Gasteiger partial charge < -0.3 is 0 Å². The predicted octanol–water partition coefficient (Wildman–Crippen LogP) is 5.33. The molecule has 0 aliphatic carbocycles. The molecule has 0 N–H and O–H groups in total. The molecule has 10 aliphatic heterocycles. The van der Waals surface area contributed by atoms with Gasteiger partial charge in [-0.25, -0.2) is 0 Å². The number of fused-ring (bicyclic) bond motifs is 10. The quantitative estimate of drug-likeness (QED) is 0.452. The van der Waals surface area contributed by atoms with Gasteiger partial charge in [-0.05, 0) is 0 Å². The molecule has 12 rings (SSSR count). The molecule has 10 fully saturated rings. The van der Waals surface area contributed by atoms with Gasteiger partial charge in [0.1, 0.15) is 0 Å². The van der Waals surface area contributed by atoms with E-state index in [0.29, 0.717) is 20.4 Å². The average Bonchev–Trinajstić information content (AvgIpc) is 3.69. The summed E-state index contributed by atoms with van der Waals surface area (Å²) in [4.78, 5) is 32.8. The van der Waals surface area contributed by atoms with Gasteiger partial charge in [0.2, 0.25) is 0 Å². The van der Waals surface area contributed by atoms with E-state index in [4.69, 9.17) is 0 Å². The zero-order valence-electron chi connectivity index (χ0n) is 16.9. The Balaban J connectivity index is 1.31. The van der Waals surface area contributed by atoms with Crippen LogP contribution in [-0.4, -0.2) is 15.6 Å². The van der Waals surface area contributed by atoms with Crippen LogP contribution < -0.4 is 10.6 Å². The van der Waals surface area contributed by atoms with Gasteiger partial charge in [-0.1, -0.05) is 0 Å². The summed E-state index contributed by atoms with van der Waals surface area (Å²) in [5, 5.41) is 3.04. The Labute approximate surface area is 166 Å². The molecule has 152 valence electrons. The van der Waals surface area contributed by atoms with Crippen LogP contribution in [0.1, 0.15) is 13.8 Å². The SMILES string of the molecule is CC(=O)[C]12[CH]3[CH]4[CH]5[CH]1[Fe]45321678[CH]2[CH]1[C]6(P(c1ccccc1)c1ccccc1)[CH]7[C]28C(C)=O. The number of carbonyl (C=O) groups excluding carboxylic acids is 2. The summed E-state index contributed by atoms with van der Waals surface area (Å²) >= 11 is 0. The molecule has 2 aromatic rings. The molecule has 0 aromatic heterocycles. The standard InChI is InChI=1S/C19H16OP.C7H7O.Fe/c1-15(20)16-12-13-19(14-16)21(17-8-4-2-5-9-17)18-10-6-3-7-11-18;1-6(8)7-4-2-3-5-7;/h2-14H,1H3;2-5H,1H3;. The first-order valence-corrected chi connectivity index (χ1v) is 18.9. The number of benzene rings is 2. The first-order chi connectivity index (χ1) is 14.3. The van der Waals surface area contributed by atoms with Gasteiger partial charge >= 0.3 is 167 Å². The molecular formula is C26H23FeO2P. The van der Waals surface area contributed by atoms with Gasteiger partial charge in [-0.15, -0.1) is 0 Å². The van der Waals surface area contributed by atoms with Crippen molar-refractivity contribution in [1.29, 1.82) is 0 Å². The van der Waals surface area contributed by atoms with Crippen molar-refractivity contribution in [2.45, 2.75) is 60.2 Å². The van der Waals surface area contributed by atoms with Crippen LogP contribution in [0.5, 0.6) is 0 Å². The molecule has 1 spiro atoms. The molecule has 2 aromatic carbocycles. The van der Waals surface area contributed by atoms with Crippen LogP contribution in [0.15, 0.2) is 60.7 Å². The van der Waals surface area contributed by atoms with Gasteiger partial charge in [0, 0.05) is 0 Å². The van der Waals surface area contributed by atoms with Crippen molar-refractivity contribution < 1.29 is 16.1 Å². The molecule has 2 nitrogen and oxygen atoms in total. The van der Waals surface area contributed by atoms with E-state index >= 15 is 0 Å². The fourth-order valence-electron chi connectivity index (χ4n) is 21.0. The van der Waals surface area contributed by atoms with Gasteiger partial charge in [0.25, 0.3) is 0 Å². The Morgan fingerprint density at radius 2 is 1.23 bits per heavy atom. The topological polar surface area (TPSA) is 34.1 Å². The Morgan fingerprint density at radius 3 is 1.60 bits per heavy atom. The summed E-state index contributed by atoms with van der Waals surface area (Å²) < 4.78 is 0.623. The second-order valence-corrected chi connectivity index (χ2v) is 39.6. The van der Waals surface area contributed by atoms with Gasteiger partial charge in [0.05, 0.1) is 0 Å². The molecule has 9 unspecified atom stereocenters. The van der Waals surface area contributed by atoms with E-state index < -0.39 is 14.4 Å². The Morgan fingerprint density at radius 1 is 0.733 bits per heavy atom. The van der Waals surface area contributed by atoms with Crippen molar-refractivity contribution in [3.63, 3.8) is 0 Å². The van der Waals surface area contributed by atoms with Crippen molar-refractivity contribution in [3.8, 4) is 0 Å². The van der Waals surface area contributed by atoms with Crippen LogP contribution in [0.3, 0.4) is 0 Å².